The van der Waals surface area contributed by atoms with Crippen molar-refractivity contribution in [2.24, 2.45) is 0 Å². The third kappa shape index (κ3) is 2.86. The van der Waals surface area contributed by atoms with Crippen molar-refractivity contribution in [3.63, 3.8) is 0 Å². The van der Waals surface area contributed by atoms with Gasteiger partial charge in [-0.3, -0.25) is 0 Å². The zero-order chi connectivity index (χ0) is 11.3. The number of hydrogen-bond acceptors (Lipinski definition) is 4. The molecule has 0 aliphatic rings. The monoisotopic (exact) mass is 225 g/mol. The van der Waals surface area contributed by atoms with E-state index in [2.05, 4.69) is 4.74 Å². The lowest BCUT2D eigenvalue weighted by molar-refractivity contribution is 0.0544. The quantitative estimate of drug-likeness (QED) is 0.726. The number of nitrogens with zero attached hydrogens (tertiary/aromatic N) is 1. The van der Waals surface area contributed by atoms with Crippen LogP contribution in [0, 0.1) is 11.3 Å². The van der Waals surface area contributed by atoms with E-state index in [0.29, 0.717) is 10.6 Å². The summed E-state index contributed by atoms with van der Waals surface area (Å²) in [4.78, 5) is 10.8. The Kier molecular flexibility index (Phi) is 3.95. The molecular weight excluding hydrogens is 218 g/mol. The largest absolute Gasteiger partial charge is 0.509 e. The number of benzene rings is 1. The van der Waals surface area contributed by atoms with Crippen LogP contribution in [0.1, 0.15) is 11.7 Å². The molecule has 1 aromatic carbocycles. The van der Waals surface area contributed by atoms with Crippen LogP contribution in [-0.2, 0) is 9.47 Å². The molecular formula is C10H8ClNO3. The molecule has 0 heterocycles. The van der Waals surface area contributed by atoms with E-state index in [1.165, 1.54) is 7.11 Å². The van der Waals surface area contributed by atoms with Crippen molar-refractivity contribution < 1.29 is 14.3 Å². The molecule has 0 N–H and O–H groups in total. The fourth-order valence-electron chi connectivity index (χ4n) is 0.991. The predicted molar refractivity (Wildman–Crippen MR) is 53.3 cm³/mol. The van der Waals surface area contributed by atoms with Crippen LogP contribution in [0.2, 0.25) is 5.02 Å². The van der Waals surface area contributed by atoms with Crippen molar-refractivity contribution in [2.75, 3.05) is 7.11 Å². The van der Waals surface area contributed by atoms with Gasteiger partial charge in [-0.1, -0.05) is 29.8 Å². The highest BCUT2D eigenvalue weighted by molar-refractivity contribution is 6.31. The van der Waals surface area contributed by atoms with Crippen LogP contribution >= 0.6 is 11.6 Å². The first-order valence-corrected chi connectivity index (χ1v) is 4.45. The third-order valence-electron chi connectivity index (χ3n) is 1.69. The molecule has 1 unspecified atom stereocenters. The zero-order valence-corrected chi connectivity index (χ0v) is 8.69. The van der Waals surface area contributed by atoms with Gasteiger partial charge in [-0.15, -0.1) is 0 Å². The van der Waals surface area contributed by atoms with Crippen molar-refractivity contribution in [1.29, 1.82) is 5.26 Å². The van der Waals surface area contributed by atoms with Gasteiger partial charge in [0.15, 0.2) is 0 Å². The van der Waals surface area contributed by atoms with Gasteiger partial charge in [0.1, 0.15) is 6.07 Å². The van der Waals surface area contributed by atoms with Crippen LogP contribution in [0.25, 0.3) is 0 Å². The summed E-state index contributed by atoms with van der Waals surface area (Å²) in [6.45, 7) is 0. The smallest absolute Gasteiger partial charge is 0.438 e. The predicted octanol–water partition coefficient (Wildman–Crippen LogP) is 2.69. The number of methoxy groups -OCH3 is 1. The van der Waals surface area contributed by atoms with E-state index in [9.17, 15) is 4.79 Å². The Morgan fingerprint density at radius 2 is 2.20 bits per heavy atom. The van der Waals surface area contributed by atoms with Gasteiger partial charge in [0.25, 0.3) is 0 Å². The van der Waals surface area contributed by atoms with Gasteiger partial charge in [0, 0.05) is 10.6 Å². The van der Waals surface area contributed by atoms with E-state index in [1.807, 2.05) is 6.07 Å². The van der Waals surface area contributed by atoms with Crippen molar-refractivity contribution in [3.05, 3.63) is 34.9 Å². The molecule has 5 heteroatoms. The molecule has 0 amide bonds. The average Bonchev–Trinajstić information content (AvgIpc) is 2.26. The first-order valence-electron chi connectivity index (χ1n) is 4.07. The number of carbonyl (C=O) groups excluding carboxylic acids is 1. The first-order chi connectivity index (χ1) is 7.19. The summed E-state index contributed by atoms with van der Waals surface area (Å²) in [7, 11) is 1.17. The molecule has 1 rings (SSSR count). The normalized spacial score (nSPS) is 11.3. The van der Waals surface area contributed by atoms with Crippen LogP contribution < -0.4 is 0 Å². The van der Waals surface area contributed by atoms with Crippen molar-refractivity contribution in [1.82, 2.24) is 0 Å². The van der Waals surface area contributed by atoms with E-state index in [0.717, 1.165) is 0 Å². The van der Waals surface area contributed by atoms with Crippen molar-refractivity contribution >= 4 is 17.8 Å². The number of hydrogen-bond donors (Lipinski definition) is 0. The Labute approximate surface area is 92.0 Å². The standard InChI is InChI=1S/C10H8ClNO3/c1-14-10(13)15-9(6-12)7-4-2-3-5-8(7)11/h2-5,9H,1H3. The fourth-order valence-corrected chi connectivity index (χ4v) is 1.23. The SMILES string of the molecule is COC(=O)OC(C#N)c1ccccc1Cl. The van der Waals surface area contributed by atoms with Crippen LogP contribution in [0.4, 0.5) is 4.79 Å². The molecule has 0 aliphatic carbocycles. The molecule has 0 saturated carbocycles. The summed E-state index contributed by atoms with van der Waals surface area (Å²) in [5.41, 5.74) is 0.437. The van der Waals surface area contributed by atoms with Crippen molar-refractivity contribution in [3.8, 4) is 6.07 Å². The minimum atomic E-state index is -1.05. The first kappa shape index (κ1) is 11.3. The van der Waals surface area contributed by atoms with Crippen LogP contribution in [0.5, 0.6) is 0 Å². The van der Waals surface area contributed by atoms with Gasteiger partial charge in [-0.05, 0) is 6.07 Å². The maximum absolute atomic E-state index is 10.8. The number of carbonyl (C=O) groups is 1. The number of rotatable bonds is 2. The molecule has 0 aromatic heterocycles. The highest BCUT2D eigenvalue weighted by Gasteiger charge is 2.18. The molecule has 4 nitrogen and oxygen atoms in total. The van der Waals surface area contributed by atoms with E-state index in [-0.39, 0.29) is 0 Å². The third-order valence-corrected chi connectivity index (χ3v) is 2.03. The number of ether oxygens (including phenoxy) is 2. The number of halogens is 1. The van der Waals surface area contributed by atoms with Crippen LogP contribution in [-0.4, -0.2) is 13.3 Å². The van der Waals surface area contributed by atoms with Gasteiger partial charge in [0.05, 0.1) is 7.11 Å². The highest BCUT2D eigenvalue weighted by atomic mass is 35.5. The van der Waals surface area contributed by atoms with Crippen molar-refractivity contribution in [2.45, 2.75) is 6.10 Å². The summed E-state index contributed by atoms with van der Waals surface area (Å²) in [5, 5.41) is 9.18. The van der Waals surface area contributed by atoms with Crippen LogP contribution in [0.3, 0.4) is 0 Å². The second-order valence-electron chi connectivity index (χ2n) is 2.60. The van der Waals surface area contributed by atoms with Gasteiger partial charge in [-0.2, -0.15) is 5.26 Å². The zero-order valence-electron chi connectivity index (χ0n) is 7.94. The Hall–Kier alpha value is -1.73. The molecule has 15 heavy (non-hydrogen) atoms. The van der Waals surface area contributed by atoms with Gasteiger partial charge >= 0.3 is 6.16 Å². The molecule has 0 saturated heterocycles. The lowest BCUT2D eigenvalue weighted by Gasteiger charge is -2.10. The Morgan fingerprint density at radius 3 is 2.73 bits per heavy atom. The Balaban J connectivity index is 2.89. The molecule has 0 fully saturated rings. The Morgan fingerprint density at radius 1 is 1.53 bits per heavy atom. The maximum atomic E-state index is 10.8. The molecule has 78 valence electrons. The van der Waals surface area contributed by atoms with Gasteiger partial charge in [-0.25, -0.2) is 4.79 Å². The average molecular weight is 226 g/mol. The number of nitriles is 1. The topological polar surface area (TPSA) is 59.3 Å². The maximum Gasteiger partial charge on any atom is 0.509 e. The second kappa shape index (κ2) is 5.23. The van der Waals surface area contributed by atoms with Crippen LogP contribution in [0.15, 0.2) is 24.3 Å². The fraction of sp³-hybridized carbons (Fsp3) is 0.200. The van der Waals surface area contributed by atoms with E-state index >= 15 is 0 Å². The molecule has 0 aliphatic heterocycles. The molecule has 1 aromatic rings. The second-order valence-corrected chi connectivity index (χ2v) is 3.01. The Bertz CT molecular complexity index is 400. The van der Waals surface area contributed by atoms with E-state index < -0.39 is 12.3 Å². The molecule has 0 radical (unpaired) electrons. The van der Waals surface area contributed by atoms with Gasteiger partial charge < -0.3 is 9.47 Å². The minimum Gasteiger partial charge on any atom is -0.438 e. The summed E-state index contributed by atoms with van der Waals surface area (Å²) in [5.74, 6) is 0. The lowest BCUT2D eigenvalue weighted by atomic mass is 10.1. The molecule has 0 spiro atoms. The lowest BCUT2D eigenvalue weighted by Crippen LogP contribution is -2.10. The summed E-state index contributed by atoms with van der Waals surface area (Å²) < 4.78 is 9.00. The summed E-state index contributed by atoms with van der Waals surface area (Å²) in [6, 6.07) is 8.46. The van der Waals surface area contributed by atoms with E-state index in [4.69, 9.17) is 21.6 Å². The molecule has 1 atom stereocenters. The molecule has 0 bridgehead atoms. The summed E-state index contributed by atoms with van der Waals surface area (Å²) in [6.07, 6.45) is -1.97. The van der Waals surface area contributed by atoms with E-state index in [1.54, 1.807) is 24.3 Å². The highest BCUT2D eigenvalue weighted by Crippen LogP contribution is 2.25. The summed E-state index contributed by atoms with van der Waals surface area (Å²) >= 11 is 5.84. The van der Waals surface area contributed by atoms with Gasteiger partial charge in [0.2, 0.25) is 6.10 Å². The minimum absolute atomic E-state index is 0.368.